The molecule has 202 valence electrons. The third-order valence-electron chi connectivity index (χ3n) is 6.16. The zero-order valence-corrected chi connectivity index (χ0v) is 23.5. The Balaban J connectivity index is 1.72. The first kappa shape index (κ1) is 27.9. The van der Waals surface area contributed by atoms with Crippen LogP contribution in [0.4, 0.5) is 21.0 Å². The quantitative estimate of drug-likeness (QED) is 0.235. The summed E-state index contributed by atoms with van der Waals surface area (Å²) in [7, 11) is 0. The molecule has 3 N–H and O–H groups in total. The molecule has 8 nitrogen and oxygen atoms in total. The van der Waals surface area contributed by atoms with Crippen LogP contribution in [-0.2, 0) is 9.53 Å². The summed E-state index contributed by atoms with van der Waals surface area (Å²) >= 11 is 3.39. The molecule has 9 heteroatoms. The minimum absolute atomic E-state index is 0.192. The van der Waals surface area contributed by atoms with Crippen molar-refractivity contribution < 1.29 is 19.1 Å². The molecule has 1 aliphatic heterocycles. The van der Waals surface area contributed by atoms with Gasteiger partial charge in [0.25, 0.3) is 0 Å². The molecule has 4 amide bonds. The van der Waals surface area contributed by atoms with Crippen molar-refractivity contribution in [2.24, 2.45) is 0 Å². The molecule has 0 aliphatic carbocycles. The maximum Gasteiger partial charge on any atom is 0.338 e. The second-order valence-electron chi connectivity index (χ2n) is 8.95. The highest BCUT2D eigenvalue weighted by molar-refractivity contribution is 9.10. The second kappa shape index (κ2) is 13.1. The first-order valence-electron chi connectivity index (χ1n) is 12.9. The van der Waals surface area contributed by atoms with E-state index in [0.29, 0.717) is 34.8 Å². The van der Waals surface area contributed by atoms with Crippen LogP contribution in [0.2, 0.25) is 0 Å². The zero-order chi connectivity index (χ0) is 27.8. The van der Waals surface area contributed by atoms with Crippen molar-refractivity contribution >= 4 is 51.0 Å². The molecule has 0 spiro atoms. The molecular formula is C30H31BrN4O4. The largest absolute Gasteiger partial charge is 0.463 e. The standard InChI is InChI=1S/C30H31BrN4O4/c1-3-5-17-35-27(20-11-7-6-8-12-20)25(28(36)39-4-2)26(34-30(35)38)21-13-9-15-23(18-21)32-29(37)33-24-16-10-14-22(31)19-24/h6-16,18-19,26H,3-5,17H2,1-2H3,(H,34,38)(H2,32,33,37). The highest BCUT2D eigenvalue weighted by Gasteiger charge is 2.38. The van der Waals surface area contributed by atoms with Gasteiger partial charge in [0.1, 0.15) is 0 Å². The van der Waals surface area contributed by atoms with Gasteiger partial charge < -0.3 is 20.7 Å². The number of carbonyl (C=O) groups excluding carboxylic acids is 3. The summed E-state index contributed by atoms with van der Waals surface area (Å²) in [5.41, 5.74) is 3.39. The maximum atomic E-state index is 13.4. The van der Waals surface area contributed by atoms with E-state index in [0.717, 1.165) is 22.9 Å². The first-order chi connectivity index (χ1) is 18.9. The van der Waals surface area contributed by atoms with Crippen molar-refractivity contribution in [3.8, 4) is 0 Å². The van der Waals surface area contributed by atoms with Gasteiger partial charge in [0.05, 0.1) is 23.9 Å². The van der Waals surface area contributed by atoms with E-state index in [9.17, 15) is 14.4 Å². The number of carbonyl (C=O) groups is 3. The van der Waals surface area contributed by atoms with Crippen molar-refractivity contribution in [2.45, 2.75) is 32.7 Å². The Labute approximate surface area is 236 Å². The van der Waals surface area contributed by atoms with E-state index < -0.39 is 18.0 Å². The molecule has 0 saturated carbocycles. The molecule has 39 heavy (non-hydrogen) atoms. The number of nitrogens with one attached hydrogen (secondary N) is 3. The van der Waals surface area contributed by atoms with E-state index in [1.54, 1.807) is 42.2 Å². The Kier molecular flexibility index (Phi) is 9.38. The van der Waals surface area contributed by atoms with Crippen molar-refractivity contribution in [3.63, 3.8) is 0 Å². The van der Waals surface area contributed by atoms with Gasteiger partial charge >= 0.3 is 18.0 Å². The topological polar surface area (TPSA) is 99.8 Å². The molecule has 1 heterocycles. The molecule has 4 rings (SSSR count). The lowest BCUT2D eigenvalue weighted by Crippen LogP contribution is -2.48. The van der Waals surface area contributed by atoms with Gasteiger partial charge in [0.15, 0.2) is 0 Å². The van der Waals surface area contributed by atoms with Crippen LogP contribution in [-0.4, -0.2) is 36.1 Å². The lowest BCUT2D eigenvalue weighted by molar-refractivity contribution is -0.138. The second-order valence-corrected chi connectivity index (χ2v) is 9.87. The van der Waals surface area contributed by atoms with Crippen LogP contribution in [0.1, 0.15) is 43.9 Å². The summed E-state index contributed by atoms with van der Waals surface area (Å²) in [6.07, 6.45) is 1.66. The number of esters is 1. The van der Waals surface area contributed by atoms with Gasteiger partial charge in [-0.15, -0.1) is 0 Å². The van der Waals surface area contributed by atoms with E-state index >= 15 is 0 Å². The molecule has 0 saturated heterocycles. The molecule has 1 atom stereocenters. The number of urea groups is 2. The Morgan fingerprint density at radius 2 is 1.64 bits per heavy atom. The average molecular weight is 592 g/mol. The van der Waals surface area contributed by atoms with Crippen LogP contribution in [0.25, 0.3) is 5.70 Å². The number of halogens is 1. The van der Waals surface area contributed by atoms with Gasteiger partial charge in [-0.3, -0.25) is 4.90 Å². The summed E-state index contributed by atoms with van der Waals surface area (Å²) in [5, 5.41) is 8.63. The fourth-order valence-electron chi connectivity index (χ4n) is 4.42. The van der Waals surface area contributed by atoms with Crippen LogP contribution < -0.4 is 16.0 Å². The highest BCUT2D eigenvalue weighted by Crippen LogP contribution is 2.37. The number of ether oxygens (including phenoxy) is 1. The lowest BCUT2D eigenvalue weighted by Gasteiger charge is -2.37. The monoisotopic (exact) mass is 590 g/mol. The van der Waals surface area contributed by atoms with Gasteiger partial charge in [-0.2, -0.15) is 0 Å². The van der Waals surface area contributed by atoms with Gasteiger partial charge in [-0.1, -0.05) is 77.8 Å². The lowest BCUT2D eigenvalue weighted by atomic mass is 9.91. The smallest absolute Gasteiger partial charge is 0.338 e. The fourth-order valence-corrected chi connectivity index (χ4v) is 4.82. The maximum absolute atomic E-state index is 13.4. The SMILES string of the molecule is CCCCN1C(=O)NC(c2cccc(NC(=O)Nc3cccc(Br)c3)c2)C(C(=O)OCC)=C1c1ccccc1. The fraction of sp³-hybridized carbons (Fsp3) is 0.233. The zero-order valence-electron chi connectivity index (χ0n) is 21.9. The number of unbranched alkanes of at least 4 members (excludes halogenated alkanes) is 1. The average Bonchev–Trinajstić information content (AvgIpc) is 2.92. The molecular weight excluding hydrogens is 560 g/mol. The third kappa shape index (κ3) is 6.86. The number of hydrogen-bond donors (Lipinski definition) is 3. The van der Waals surface area contributed by atoms with Crippen molar-refractivity contribution in [1.29, 1.82) is 0 Å². The van der Waals surface area contributed by atoms with Gasteiger partial charge in [-0.25, -0.2) is 14.4 Å². The van der Waals surface area contributed by atoms with E-state index in [-0.39, 0.29) is 12.6 Å². The Hall–Kier alpha value is -4.11. The van der Waals surface area contributed by atoms with Crippen LogP contribution >= 0.6 is 15.9 Å². The Morgan fingerprint density at radius 1 is 0.949 bits per heavy atom. The number of rotatable bonds is 9. The van der Waals surface area contributed by atoms with Crippen LogP contribution in [0, 0.1) is 0 Å². The number of anilines is 2. The van der Waals surface area contributed by atoms with E-state index in [1.165, 1.54) is 0 Å². The summed E-state index contributed by atoms with van der Waals surface area (Å²) < 4.78 is 6.33. The summed E-state index contributed by atoms with van der Waals surface area (Å²) in [6.45, 7) is 4.45. The Bertz CT molecular complexity index is 1380. The number of hydrogen-bond acceptors (Lipinski definition) is 4. The van der Waals surface area contributed by atoms with Crippen LogP contribution in [0.15, 0.2) is 88.9 Å². The Morgan fingerprint density at radius 3 is 2.31 bits per heavy atom. The van der Waals surface area contributed by atoms with Crippen molar-refractivity contribution in [2.75, 3.05) is 23.8 Å². The number of amides is 4. The molecule has 0 radical (unpaired) electrons. The highest BCUT2D eigenvalue weighted by atomic mass is 79.9. The molecule has 1 aliphatic rings. The van der Waals surface area contributed by atoms with Gasteiger partial charge in [-0.05, 0) is 54.8 Å². The van der Waals surface area contributed by atoms with Crippen molar-refractivity contribution in [3.05, 3.63) is 100 Å². The summed E-state index contributed by atoms with van der Waals surface area (Å²) in [5.74, 6) is -0.506. The molecule has 0 fully saturated rings. The number of benzene rings is 3. The van der Waals surface area contributed by atoms with Crippen LogP contribution in [0.3, 0.4) is 0 Å². The van der Waals surface area contributed by atoms with Crippen LogP contribution in [0.5, 0.6) is 0 Å². The molecule has 1 unspecified atom stereocenters. The van der Waals surface area contributed by atoms with E-state index in [4.69, 9.17) is 4.74 Å². The normalized spacial score (nSPS) is 15.0. The molecule has 0 bridgehead atoms. The van der Waals surface area contributed by atoms with E-state index in [1.807, 2.05) is 55.5 Å². The summed E-state index contributed by atoms with van der Waals surface area (Å²) in [6, 6.07) is 22.2. The summed E-state index contributed by atoms with van der Waals surface area (Å²) in [4.78, 5) is 41.2. The first-order valence-corrected chi connectivity index (χ1v) is 13.7. The third-order valence-corrected chi connectivity index (χ3v) is 6.66. The predicted octanol–water partition coefficient (Wildman–Crippen LogP) is 6.93. The van der Waals surface area contributed by atoms with Crippen molar-refractivity contribution in [1.82, 2.24) is 10.2 Å². The van der Waals surface area contributed by atoms with Gasteiger partial charge in [0, 0.05) is 22.4 Å². The molecule has 3 aromatic rings. The number of nitrogens with zero attached hydrogens (tertiary/aromatic N) is 1. The predicted molar refractivity (Wildman–Crippen MR) is 156 cm³/mol. The minimum Gasteiger partial charge on any atom is -0.463 e. The molecule has 0 aromatic heterocycles. The van der Waals surface area contributed by atoms with Gasteiger partial charge in [0.2, 0.25) is 0 Å². The van der Waals surface area contributed by atoms with E-state index in [2.05, 4.69) is 31.9 Å². The molecule has 3 aromatic carbocycles. The minimum atomic E-state index is -0.778.